The summed E-state index contributed by atoms with van der Waals surface area (Å²) in [5, 5.41) is 3.50. The number of methoxy groups -OCH3 is 1. The summed E-state index contributed by atoms with van der Waals surface area (Å²) in [4.78, 5) is 26.0. The number of carbonyl (C=O) groups is 1. The number of nitrogens with zero attached hydrogens (tertiary/aromatic N) is 1. The van der Waals surface area contributed by atoms with Crippen molar-refractivity contribution >= 4 is 22.5 Å². The number of carbonyl (C=O) groups excluding carboxylic acids is 1. The smallest absolute Gasteiger partial charge is 0.254 e. The number of halogens is 1. The molecule has 0 radical (unpaired) electrons. The maximum Gasteiger partial charge on any atom is 0.254 e. The zero-order chi connectivity index (χ0) is 22.5. The summed E-state index contributed by atoms with van der Waals surface area (Å²) < 4.78 is 20.2. The largest absolute Gasteiger partial charge is 0.497 e. The Morgan fingerprint density at radius 3 is 2.53 bits per heavy atom. The second-order valence-electron chi connectivity index (χ2n) is 7.53. The van der Waals surface area contributed by atoms with E-state index in [2.05, 4.69) is 5.32 Å². The van der Waals surface area contributed by atoms with Crippen LogP contribution in [0.4, 0.5) is 10.1 Å². The lowest BCUT2D eigenvalue weighted by Crippen LogP contribution is -2.30. The highest BCUT2D eigenvalue weighted by molar-refractivity contribution is 5.92. The number of benzene rings is 3. The fraction of sp³-hybridized carbons (Fsp3) is 0.154. The number of hydrogen-bond acceptors (Lipinski definition) is 3. The second kappa shape index (κ2) is 9.47. The summed E-state index contributed by atoms with van der Waals surface area (Å²) in [5.74, 6) is -0.270. The zero-order valence-electron chi connectivity index (χ0n) is 17.7. The minimum Gasteiger partial charge on any atom is -0.497 e. The number of ether oxygens (including phenoxy) is 1. The van der Waals surface area contributed by atoms with Crippen molar-refractivity contribution in [1.29, 1.82) is 0 Å². The van der Waals surface area contributed by atoms with E-state index in [4.69, 9.17) is 4.74 Å². The van der Waals surface area contributed by atoms with E-state index < -0.39 is 11.7 Å². The van der Waals surface area contributed by atoms with E-state index in [0.717, 1.165) is 10.9 Å². The molecule has 0 aliphatic carbocycles. The summed E-state index contributed by atoms with van der Waals surface area (Å²) in [6.45, 7) is -0.196. The normalized spacial score (nSPS) is 10.8. The lowest BCUT2D eigenvalue weighted by molar-refractivity contribution is -0.116. The van der Waals surface area contributed by atoms with Crippen molar-refractivity contribution < 1.29 is 13.9 Å². The SMILES string of the molecule is COc1ccc2cc(CCc3ccccc3)c(=O)n(CC(=O)Nc3cccc(F)c3)c2c1. The molecule has 1 aromatic heterocycles. The molecule has 1 N–H and O–H groups in total. The van der Waals surface area contributed by atoms with Crippen LogP contribution in [0, 0.1) is 5.82 Å². The minimum atomic E-state index is -0.446. The maximum absolute atomic E-state index is 13.5. The van der Waals surface area contributed by atoms with Gasteiger partial charge in [0.2, 0.25) is 5.91 Å². The first kappa shape index (κ1) is 21.3. The van der Waals surface area contributed by atoms with Gasteiger partial charge in [0.15, 0.2) is 0 Å². The molecule has 32 heavy (non-hydrogen) atoms. The number of fused-ring (bicyclic) bond motifs is 1. The summed E-state index contributed by atoms with van der Waals surface area (Å²) in [7, 11) is 1.55. The molecule has 4 aromatic rings. The second-order valence-corrected chi connectivity index (χ2v) is 7.53. The van der Waals surface area contributed by atoms with E-state index in [1.54, 1.807) is 19.2 Å². The molecule has 0 saturated carbocycles. The van der Waals surface area contributed by atoms with Crippen LogP contribution in [0.2, 0.25) is 0 Å². The average Bonchev–Trinajstić information content (AvgIpc) is 2.80. The van der Waals surface area contributed by atoms with Crippen LogP contribution in [0.15, 0.2) is 83.7 Å². The van der Waals surface area contributed by atoms with Crippen LogP contribution in [0.25, 0.3) is 10.9 Å². The van der Waals surface area contributed by atoms with Gasteiger partial charge in [0.05, 0.1) is 12.6 Å². The van der Waals surface area contributed by atoms with Gasteiger partial charge in [-0.15, -0.1) is 0 Å². The Morgan fingerprint density at radius 2 is 1.78 bits per heavy atom. The van der Waals surface area contributed by atoms with Crippen LogP contribution in [0.5, 0.6) is 5.75 Å². The first-order valence-electron chi connectivity index (χ1n) is 10.3. The fourth-order valence-electron chi connectivity index (χ4n) is 3.71. The number of amides is 1. The number of pyridine rings is 1. The zero-order valence-corrected chi connectivity index (χ0v) is 17.7. The maximum atomic E-state index is 13.5. The predicted molar refractivity (Wildman–Crippen MR) is 124 cm³/mol. The standard InChI is InChI=1S/C26H23FN2O3/c1-32-23-13-12-19-14-20(11-10-18-6-3-2-4-7-18)26(31)29(24(19)16-23)17-25(30)28-22-9-5-8-21(27)15-22/h2-9,12-16H,10-11,17H2,1H3,(H,28,30). The van der Waals surface area contributed by atoms with E-state index in [1.165, 1.54) is 22.8 Å². The van der Waals surface area contributed by atoms with Crippen LogP contribution >= 0.6 is 0 Å². The molecule has 0 fully saturated rings. The molecule has 4 rings (SSSR count). The van der Waals surface area contributed by atoms with Gasteiger partial charge < -0.3 is 10.1 Å². The third kappa shape index (κ3) is 4.86. The molecule has 6 heteroatoms. The van der Waals surface area contributed by atoms with Crippen molar-refractivity contribution in [3.8, 4) is 5.75 Å². The monoisotopic (exact) mass is 430 g/mol. The summed E-state index contributed by atoms with van der Waals surface area (Å²) in [5.41, 5.74) is 2.48. The molecule has 0 aliphatic heterocycles. The van der Waals surface area contributed by atoms with Crippen molar-refractivity contribution in [3.05, 3.63) is 106 Å². The quantitative estimate of drug-likeness (QED) is 0.467. The predicted octanol–water partition coefficient (Wildman–Crippen LogP) is 4.57. The molecule has 5 nitrogen and oxygen atoms in total. The molecule has 1 heterocycles. The van der Waals surface area contributed by atoms with Gasteiger partial charge in [-0.1, -0.05) is 36.4 Å². The molecule has 3 aromatic carbocycles. The number of hydrogen-bond donors (Lipinski definition) is 1. The molecule has 1 amide bonds. The molecular weight excluding hydrogens is 407 g/mol. The number of aryl methyl sites for hydroxylation is 2. The molecule has 0 saturated heterocycles. The first-order valence-corrected chi connectivity index (χ1v) is 10.3. The van der Waals surface area contributed by atoms with Crippen molar-refractivity contribution in [1.82, 2.24) is 4.57 Å². The molecule has 162 valence electrons. The number of aromatic nitrogens is 1. The topological polar surface area (TPSA) is 60.3 Å². The van der Waals surface area contributed by atoms with Gasteiger partial charge >= 0.3 is 0 Å². The molecule has 0 aliphatic rings. The molecular formula is C26H23FN2O3. The Labute approximate surface area is 185 Å². The fourth-order valence-corrected chi connectivity index (χ4v) is 3.71. The highest BCUT2D eigenvalue weighted by atomic mass is 19.1. The molecule has 0 unspecified atom stereocenters. The third-order valence-corrected chi connectivity index (χ3v) is 5.31. The van der Waals surface area contributed by atoms with Crippen molar-refractivity contribution in [2.45, 2.75) is 19.4 Å². The van der Waals surface area contributed by atoms with Crippen molar-refractivity contribution in [2.75, 3.05) is 12.4 Å². The lowest BCUT2D eigenvalue weighted by Gasteiger charge is -2.14. The highest BCUT2D eigenvalue weighted by Gasteiger charge is 2.14. The van der Waals surface area contributed by atoms with Gasteiger partial charge in [0.1, 0.15) is 18.1 Å². The summed E-state index contributed by atoms with van der Waals surface area (Å²) in [6, 6.07) is 22.9. The van der Waals surface area contributed by atoms with Gasteiger partial charge in [-0.05, 0) is 60.2 Å². The minimum absolute atomic E-state index is 0.196. The van der Waals surface area contributed by atoms with Crippen LogP contribution in [0.3, 0.4) is 0 Å². The lowest BCUT2D eigenvalue weighted by atomic mass is 10.0. The number of nitrogens with one attached hydrogen (secondary N) is 1. The molecule has 0 atom stereocenters. The number of anilines is 1. The van der Waals surface area contributed by atoms with Gasteiger partial charge in [0.25, 0.3) is 5.56 Å². The van der Waals surface area contributed by atoms with E-state index in [0.29, 0.717) is 35.4 Å². The van der Waals surface area contributed by atoms with Crippen molar-refractivity contribution in [3.63, 3.8) is 0 Å². The van der Waals surface area contributed by atoms with Crippen LogP contribution < -0.4 is 15.6 Å². The summed E-state index contributed by atoms with van der Waals surface area (Å²) in [6.07, 6.45) is 1.27. The molecule has 0 spiro atoms. The Balaban J connectivity index is 1.68. The Hall–Kier alpha value is -3.93. The van der Waals surface area contributed by atoms with Gasteiger partial charge in [-0.25, -0.2) is 4.39 Å². The van der Waals surface area contributed by atoms with Crippen LogP contribution in [0.1, 0.15) is 11.1 Å². The first-order chi connectivity index (χ1) is 15.5. The number of rotatable bonds is 7. The Bertz CT molecular complexity index is 1320. The van der Waals surface area contributed by atoms with E-state index >= 15 is 0 Å². The van der Waals surface area contributed by atoms with Crippen LogP contribution in [-0.2, 0) is 24.2 Å². The van der Waals surface area contributed by atoms with Crippen molar-refractivity contribution in [2.24, 2.45) is 0 Å². The Morgan fingerprint density at radius 1 is 0.969 bits per heavy atom. The van der Waals surface area contributed by atoms with Gasteiger partial charge in [0, 0.05) is 17.3 Å². The highest BCUT2D eigenvalue weighted by Crippen LogP contribution is 2.21. The molecule has 0 bridgehead atoms. The van der Waals surface area contributed by atoms with E-state index in [9.17, 15) is 14.0 Å². The van der Waals surface area contributed by atoms with E-state index in [1.807, 2.05) is 48.5 Å². The van der Waals surface area contributed by atoms with Gasteiger partial charge in [-0.3, -0.25) is 14.2 Å². The van der Waals surface area contributed by atoms with E-state index in [-0.39, 0.29) is 12.1 Å². The average molecular weight is 430 g/mol. The third-order valence-electron chi connectivity index (χ3n) is 5.31. The van der Waals surface area contributed by atoms with Gasteiger partial charge in [-0.2, -0.15) is 0 Å². The Kier molecular flexibility index (Phi) is 6.31. The summed E-state index contributed by atoms with van der Waals surface area (Å²) >= 11 is 0. The van der Waals surface area contributed by atoms with Crippen LogP contribution in [-0.4, -0.2) is 17.6 Å².